The Morgan fingerprint density at radius 2 is 1.85 bits per heavy atom. The van der Waals surface area contributed by atoms with E-state index < -0.39 is 5.54 Å². The second kappa shape index (κ2) is 8.33. The van der Waals surface area contributed by atoms with Crippen LogP contribution in [0.1, 0.15) is 34.1 Å². The van der Waals surface area contributed by atoms with E-state index in [9.17, 15) is 9.59 Å². The maximum atomic E-state index is 13.9. The lowest BCUT2D eigenvalue weighted by atomic mass is 9.93. The smallest absolute Gasteiger partial charge is 0.275 e. The fraction of sp³-hybridized carbons (Fsp3) is 0.259. The van der Waals surface area contributed by atoms with Gasteiger partial charge in [0.1, 0.15) is 21.8 Å². The average Bonchev–Trinajstić information content (AvgIpc) is 3.39. The number of rotatable bonds is 5. The number of fused-ring (bicyclic) bond motifs is 3. The van der Waals surface area contributed by atoms with Crippen LogP contribution in [-0.4, -0.2) is 29.0 Å². The number of para-hydroxylation sites is 1. The summed E-state index contributed by atoms with van der Waals surface area (Å²) in [5.41, 5.74) is 3.18. The zero-order valence-corrected chi connectivity index (χ0v) is 20.5. The molecule has 0 radical (unpaired) electrons. The molecule has 2 aromatic carbocycles. The predicted molar refractivity (Wildman–Crippen MR) is 136 cm³/mol. The summed E-state index contributed by atoms with van der Waals surface area (Å²) in [5.74, 6) is 0.330. The van der Waals surface area contributed by atoms with E-state index in [0.29, 0.717) is 24.5 Å². The fourth-order valence-electron chi connectivity index (χ4n) is 4.90. The molecule has 0 fully saturated rings. The molecule has 0 bridgehead atoms. The number of carbonyl (C=O) groups excluding carboxylic acids is 2. The number of hydrogen-bond acceptors (Lipinski definition) is 4. The summed E-state index contributed by atoms with van der Waals surface area (Å²) in [6.45, 7) is 6.52. The summed E-state index contributed by atoms with van der Waals surface area (Å²) < 4.78 is 7.43. The normalized spacial score (nSPS) is 17.6. The first-order valence-corrected chi connectivity index (χ1v) is 12.1. The second-order valence-electron chi connectivity index (χ2n) is 9.05. The third kappa shape index (κ3) is 3.56. The molecule has 0 saturated carbocycles. The number of amides is 2. The van der Waals surface area contributed by atoms with Gasteiger partial charge in [-0.1, -0.05) is 24.3 Å². The third-order valence-corrected chi connectivity index (χ3v) is 7.42. The van der Waals surface area contributed by atoms with Crippen molar-refractivity contribution in [2.45, 2.75) is 39.4 Å². The number of anilines is 1. The Balaban J connectivity index is 1.58. The summed E-state index contributed by atoms with van der Waals surface area (Å²) in [4.78, 5) is 30.4. The SMILES string of the molecule is COc1ccccc1CNC(=O)[C@]1(C)Cn2c(cc3ccsc32)C(=O)N1c1cc(C)cc(C)c1. The summed E-state index contributed by atoms with van der Waals surface area (Å²) in [6, 6.07) is 17.5. The first-order chi connectivity index (χ1) is 16.3. The van der Waals surface area contributed by atoms with Crippen LogP contribution in [0.3, 0.4) is 0 Å². The maximum absolute atomic E-state index is 13.9. The molecule has 4 aromatic rings. The molecule has 174 valence electrons. The van der Waals surface area contributed by atoms with Crippen LogP contribution >= 0.6 is 11.3 Å². The van der Waals surface area contributed by atoms with E-state index >= 15 is 0 Å². The minimum absolute atomic E-state index is 0.172. The van der Waals surface area contributed by atoms with Gasteiger partial charge in [-0.05, 0) is 67.6 Å². The predicted octanol–water partition coefficient (Wildman–Crippen LogP) is 5.06. The van der Waals surface area contributed by atoms with Crippen molar-refractivity contribution in [3.05, 3.63) is 82.4 Å². The molecule has 1 aliphatic rings. The van der Waals surface area contributed by atoms with Crippen LogP contribution in [0.25, 0.3) is 10.2 Å². The molecule has 1 N–H and O–H groups in total. The Labute approximate surface area is 202 Å². The zero-order chi connectivity index (χ0) is 24.0. The standard InChI is InChI=1S/C27H27N3O3S/c1-17-11-18(2)13-21(12-17)30-24(31)22-14-19-9-10-34-25(19)29(22)16-27(30,3)26(32)28-15-20-7-5-6-8-23(20)33-4/h5-14H,15-16H2,1-4H3,(H,28,32)/t27-/m0/s1. The number of aryl methyl sites for hydroxylation is 2. The number of hydrogen-bond donors (Lipinski definition) is 1. The van der Waals surface area contributed by atoms with Gasteiger partial charge >= 0.3 is 0 Å². The third-order valence-electron chi connectivity index (χ3n) is 6.47. The number of nitrogens with one attached hydrogen (secondary N) is 1. The molecular formula is C27H27N3O3S. The molecule has 2 aromatic heterocycles. The van der Waals surface area contributed by atoms with Crippen LogP contribution in [-0.2, 0) is 17.9 Å². The second-order valence-corrected chi connectivity index (χ2v) is 9.95. The Hall–Kier alpha value is -3.58. The molecule has 0 spiro atoms. The van der Waals surface area contributed by atoms with Crippen LogP contribution in [0, 0.1) is 13.8 Å². The Kier molecular flexibility index (Phi) is 5.44. The highest BCUT2D eigenvalue weighted by molar-refractivity contribution is 7.16. The van der Waals surface area contributed by atoms with Gasteiger partial charge in [-0.3, -0.25) is 14.5 Å². The van der Waals surface area contributed by atoms with Gasteiger partial charge in [0.05, 0.1) is 13.7 Å². The van der Waals surface area contributed by atoms with E-state index in [2.05, 4.69) is 11.4 Å². The van der Waals surface area contributed by atoms with Crippen LogP contribution < -0.4 is 15.0 Å². The van der Waals surface area contributed by atoms with Crippen molar-refractivity contribution in [3.8, 4) is 5.75 Å². The number of aromatic nitrogens is 1. The number of nitrogens with zero attached hydrogens (tertiary/aromatic N) is 2. The van der Waals surface area contributed by atoms with Crippen molar-refractivity contribution < 1.29 is 14.3 Å². The topological polar surface area (TPSA) is 63.6 Å². The van der Waals surface area contributed by atoms with Gasteiger partial charge < -0.3 is 14.6 Å². The van der Waals surface area contributed by atoms with Crippen molar-refractivity contribution >= 4 is 39.1 Å². The Bertz CT molecular complexity index is 1400. The van der Waals surface area contributed by atoms with E-state index in [1.54, 1.807) is 23.3 Å². The monoisotopic (exact) mass is 473 g/mol. The average molecular weight is 474 g/mol. The van der Waals surface area contributed by atoms with Crippen molar-refractivity contribution in [2.75, 3.05) is 12.0 Å². The largest absolute Gasteiger partial charge is 0.496 e. The zero-order valence-electron chi connectivity index (χ0n) is 19.7. The molecule has 5 rings (SSSR count). The molecule has 1 aliphatic heterocycles. The fourth-order valence-corrected chi connectivity index (χ4v) is 5.79. The van der Waals surface area contributed by atoms with Crippen LogP contribution in [0.4, 0.5) is 5.69 Å². The molecule has 6 nitrogen and oxygen atoms in total. The number of carbonyl (C=O) groups is 2. The lowest BCUT2D eigenvalue weighted by molar-refractivity contribution is -0.126. The van der Waals surface area contributed by atoms with Crippen LogP contribution in [0.5, 0.6) is 5.75 Å². The minimum atomic E-state index is -1.12. The summed E-state index contributed by atoms with van der Waals surface area (Å²) in [7, 11) is 1.61. The molecule has 34 heavy (non-hydrogen) atoms. The lowest BCUT2D eigenvalue weighted by Crippen LogP contribution is -2.64. The Morgan fingerprint density at radius 3 is 2.59 bits per heavy atom. The highest BCUT2D eigenvalue weighted by atomic mass is 32.1. The quantitative estimate of drug-likeness (QED) is 0.441. The van der Waals surface area contributed by atoms with E-state index in [4.69, 9.17) is 4.74 Å². The van der Waals surface area contributed by atoms with Crippen molar-refractivity contribution in [1.82, 2.24) is 9.88 Å². The first-order valence-electron chi connectivity index (χ1n) is 11.2. The van der Waals surface area contributed by atoms with Gasteiger partial charge in [-0.2, -0.15) is 0 Å². The highest BCUT2D eigenvalue weighted by Gasteiger charge is 2.48. The van der Waals surface area contributed by atoms with Gasteiger partial charge in [0.2, 0.25) is 5.91 Å². The minimum Gasteiger partial charge on any atom is -0.496 e. The molecule has 2 amide bonds. The van der Waals surface area contributed by atoms with Gasteiger partial charge in [-0.25, -0.2) is 0 Å². The Morgan fingerprint density at radius 1 is 1.12 bits per heavy atom. The lowest BCUT2D eigenvalue weighted by Gasteiger charge is -2.44. The first kappa shape index (κ1) is 22.2. The number of thiophene rings is 1. The maximum Gasteiger partial charge on any atom is 0.275 e. The van der Waals surface area contributed by atoms with Gasteiger partial charge in [0.25, 0.3) is 5.91 Å². The number of methoxy groups -OCH3 is 1. The molecule has 0 aliphatic carbocycles. The highest BCUT2D eigenvalue weighted by Crippen LogP contribution is 2.38. The molecule has 7 heteroatoms. The van der Waals surface area contributed by atoms with Crippen molar-refractivity contribution in [3.63, 3.8) is 0 Å². The summed E-state index contributed by atoms with van der Waals surface area (Å²) in [6.07, 6.45) is 0. The van der Waals surface area contributed by atoms with Crippen molar-refractivity contribution in [1.29, 1.82) is 0 Å². The molecule has 1 atom stereocenters. The van der Waals surface area contributed by atoms with E-state index in [1.807, 2.05) is 79.2 Å². The van der Waals surface area contributed by atoms with Gasteiger partial charge in [0.15, 0.2) is 0 Å². The van der Waals surface area contributed by atoms with Gasteiger partial charge in [0, 0.05) is 23.2 Å². The molecule has 0 unspecified atom stereocenters. The number of benzene rings is 2. The molecule has 3 heterocycles. The van der Waals surface area contributed by atoms with Crippen LogP contribution in [0.2, 0.25) is 0 Å². The molecular weight excluding hydrogens is 446 g/mol. The summed E-state index contributed by atoms with van der Waals surface area (Å²) in [5, 5.41) is 6.11. The molecule has 0 saturated heterocycles. The van der Waals surface area contributed by atoms with E-state index in [-0.39, 0.29) is 11.8 Å². The van der Waals surface area contributed by atoms with Crippen LogP contribution in [0.15, 0.2) is 60.0 Å². The summed E-state index contributed by atoms with van der Waals surface area (Å²) >= 11 is 1.58. The van der Waals surface area contributed by atoms with E-state index in [0.717, 1.165) is 32.6 Å². The van der Waals surface area contributed by atoms with Gasteiger partial charge in [-0.15, -0.1) is 11.3 Å². The van der Waals surface area contributed by atoms with Crippen molar-refractivity contribution in [2.24, 2.45) is 0 Å². The number of ether oxygens (including phenoxy) is 1. The van der Waals surface area contributed by atoms with E-state index in [1.165, 1.54) is 0 Å².